The molecule has 11 heteroatoms. The molecule has 0 aromatic heterocycles. The number of rotatable bonds is 22. The maximum absolute atomic E-state index is 13.5. The van der Waals surface area contributed by atoms with E-state index in [4.69, 9.17) is 0 Å². The monoisotopic (exact) mass is 600 g/mol. The zero-order valence-corrected chi connectivity index (χ0v) is 26.0. The molecular formula is C32H48N4O7. The lowest BCUT2D eigenvalue weighted by Crippen LogP contribution is -2.46. The molecule has 238 valence electrons. The van der Waals surface area contributed by atoms with Crippen LogP contribution in [0.3, 0.4) is 0 Å². The summed E-state index contributed by atoms with van der Waals surface area (Å²) in [5.74, 6) is -3.54. The number of unbranched alkanes of at least 4 members (excludes halogenated alkanes) is 1. The lowest BCUT2D eigenvalue weighted by atomic mass is 9.91. The van der Waals surface area contributed by atoms with Crippen LogP contribution in [0.25, 0.3) is 0 Å². The molecule has 43 heavy (non-hydrogen) atoms. The minimum Gasteiger partial charge on any atom is -0.356 e. The van der Waals surface area contributed by atoms with Crippen LogP contribution >= 0.6 is 0 Å². The predicted octanol–water partition coefficient (Wildman–Crippen LogP) is 2.20. The van der Waals surface area contributed by atoms with Gasteiger partial charge < -0.3 is 21.3 Å². The Morgan fingerprint density at radius 1 is 0.767 bits per heavy atom. The van der Waals surface area contributed by atoms with Gasteiger partial charge in [0.1, 0.15) is 6.42 Å². The van der Waals surface area contributed by atoms with Gasteiger partial charge in [-0.2, -0.15) is 0 Å². The van der Waals surface area contributed by atoms with Gasteiger partial charge in [0.05, 0.1) is 19.1 Å². The molecule has 1 aromatic carbocycles. The van der Waals surface area contributed by atoms with E-state index in [0.29, 0.717) is 13.0 Å². The van der Waals surface area contributed by atoms with Crippen LogP contribution in [0, 0.1) is 11.8 Å². The molecule has 0 heterocycles. The van der Waals surface area contributed by atoms with Crippen LogP contribution in [-0.4, -0.2) is 66.7 Å². The van der Waals surface area contributed by atoms with Crippen molar-refractivity contribution in [2.45, 2.75) is 91.5 Å². The van der Waals surface area contributed by atoms with Crippen molar-refractivity contribution in [1.29, 1.82) is 0 Å². The molecule has 0 saturated carbocycles. The van der Waals surface area contributed by atoms with Crippen molar-refractivity contribution < 1.29 is 33.6 Å². The third-order valence-electron chi connectivity index (χ3n) is 6.71. The fraction of sp³-hybridized carbons (Fsp3) is 0.594. The van der Waals surface area contributed by atoms with Gasteiger partial charge in [0, 0.05) is 38.1 Å². The van der Waals surface area contributed by atoms with Crippen molar-refractivity contribution in [2.75, 3.05) is 19.6 Å². The third kappa shape index (κ3) is 17.0. The molecule has 11 nitrogen and oxygen atoms in total. The molecule has 4 amide bonds. The standard InChI is InChI=1S/C32H48N4O7/c1-5-7-15-33-29(40)14-13-28(39)27(16-22(3)4)36-32(43)24(17-23-11-9-8-10-12-23)18-26(38)21-35-31(42)19-30(41)34-20-25(37)6-2/h8-12,22,24,27H,5-7,13-21H2,1-4H3,(H,33,40)(H,34,41)(H,35,42)(H,36,43). The van der Waals surface area contributed by atoms with E-state index in [0.717, 1.165) is 18.4 Å². The van der Waals surface area contributed by atoms with Crippen LogP contribution in [0.5, 0.6) is 0 Å². The highest BCUT2D eigenvalue weighted by Crippen LogP contribution is 2.16. The Balaban J connectivity index is 2.84. The smallest absolute Gasteiger partial charge is 0.229 e. The summed E-state index contributed by atoms with van der Waals surface area (Å²) in [5, 5.41) is 10.4. The summed E-state index contributed by atoms with van der Waals surface area (Å²) in [6, 6.07) is 8.35. The molecule has 0 bridgehead atoms. The van der Waals surface area contributed by atoms with Crippen molar-refractivity contribution >= 4 is 41.0 Å². The van der Waals surface area contributed by atoms with E-state index in [2.05, 4.69) is 21.3 Å². The maximum Gasteiger partial charge on any atom is 0.229 e. The van der Waals surface area contributed by atoms with Gasteiger partial charge in [-0.05, 0) is 30.7 Å². The number of benzene rings is 1. The molecule has 4 N–H and O–H groups in total. The average molecular weight is 601 g/mol. The molecule has 2 unspecified atom stereocenters. The normalized spacial score (nSPS) is 12.1. The van der Waals surface area contributed by atoms with E-state index in [1.165, 1.54) is 0 Å². The highest BCUT2D eigenvalue weighted by Gasteiger charge is 2.28. The summed E-state index contributed by atoms with van der Waals surface area (Å²) in [6.45, 7) is 7.56. The average Bonchev–Trinajstić information content (AvgIpc) is 2.97. The zero-order valence-electron chi connectivity index (χ0n) is 26.0. The number of hydrogen-bond acceptors (Lipinski definition) is 7. The lowest BCUT2D eigenvalue weighted by molar-refractivity contribution is -0.133. The van der Waals surface area contributed by atoms with Gasteiger partial charge in [-0.15, -0.1) is 0 Å². The highest BCUT2D eigenvalue weighted by molar-refractivity contribution is 6.00. The van der Waals surface area contributed by atoms with Gasteiger partial charge in [0.2, 0.25) is 23.6 Å². The number of Topliss-reactive ketones (excluding diaryl/α,β-unsaturated/α-hetero) is 3. The quantitative estimate of drug-likeness (QED) is 0.117. The van der Waals surface area contributed by atoms with Crippen molar-refractivity contribution in [3.8, 4) is 0 Å². The van der Waals surface area contributed by atoms with E-state index >= 15 is 0 Å². The summed E-state index contributed by atoms with van der Waals surface area (Å²) in [6.07, 6.45) is 1.98. The fourth-order valence-corrected chi connectivity index (χ4v) is 4.23. The van der Waals surface area contributed by atoms with Crippen LogP contribution in [0.1, 0.15) is 84.6 Å². The van der Waals surface area contributed by atoms with Crippen LogP contribution in [0.15, 0.2) is 30.3 Å². The molecule has 1 rings (SSSR count). The molecule has 0 aliphatic carbocycles. The van der Waals surface area contributed by atoms with Crippen LogP contribution in [-0.2, 0) is 40.0 Å². The van der Waals surface area contributed by atoms with Gasteiger partial charge in [-0.1, -0.05) is 64.4 Å². The first kappa shape index (κ1) is 37.1. The lowest BCUT2D eigenvalue weighted by Gasteiger charge is -2.23. The SMILES string of the molecule is CCCCNC(=O)CCC(=O)C(CC(C)C)NC(=O)C(CC(=O)CNC(=O)CC(=O)NCC(=O)CC)Cc1ccccc1. The maximum atomic E-state index is 13.5. The van der Waals surface area contributed by atoms with Crippen molar-refractivity contribution in [2.24, 2.45) is 11.8 Å². The molecule has 0 saturated heterocycles. The predicted molar refractivity (Wildman–Crippen MR) is 163 cm³/mol. The number of amides is 4. The second-order valence-corrected chi connectivity index (χ2v) is 11.1. The van der Waals surface area contributed by atoms with Crippen molar-refractivity contribution in [3.05, 3.63) is 35.9 Å². The van der Waals surface area contributed by atoms with Crippen molar-refractivity contribution in [3.63, 3.8) is 0 Å². The Labute approximate surface area is 254 Å². The van der Waals surface area contributed by atoms with Crippen LogP contribution in [0.4, 0.5) is 0 Å². The molecule has 0 aliphatic rings. The first-order valence-electron chi connectivity index (χ1n) is 15.2. The van der Waals surface area contributed by atoms with Crippen LogP contribution in [0.2, 0.25) is 0 Å². The summed E-state index contributed by atoms with van der Waals surface area (Å²) in [7, 11) is 0. The third-order valence-corrected chi connectivity index (χ3v) is 6.71. The number of carbonyl (C=O) groups is 7. The first-order valence-corrected chi connectivity index (χ1v) is 15.2. The molecule has 1 aromatic rings. The second kappa shape index (κ2) is 20.9. The molecular weight excluding hydrogens is 552 g/mol. The van der Waals surface area contributed by atoms with Gasteiger partial charge in [0.15, 0.2) is 17.3 Å². The van der Waals surface area contributed by atoms with Gasteiger partial charge in [-0.3, -0.25) is 33.6 Å². The first-order chi connectivity index (χ1) is 20.4. The van der Waals surface area contributed by atoms with E-state index in [1.807, 2.05) is 51.1 Å². The van der Waals surface area contributed by atoms with Crippen LogP contribution < -0.4 is 21.3 Å². The topological polar surface area (TPSA) is 168 Å². The summed E-state index contributed by atoms with van der Waals surface area (Å²) < 4.78 is 0. The van der Waals surface area contributed by atoms with E-state index in [1.54, 1.807) is 6.92 Å². The number of ketones is 3. The second-order valence-electron chi connectivity index (χ2n) is 11.1. The Morgan fingerprint density at radius 3 is 1.98 bits per heavy atom. The van der Waals surface area contributed by atoms with E-state index < -0.39 is 41.9 Å². The van der Waals surface area contributed by atoms with Gasteiger partial charge in [0.25, 0.3) is 0 Å². The molecule has 0 fully saturated rings. The summed E-state index contributed by atoms with van der Waals surface area (Å²) >= 11 is 0. The minimum absolute atomic E-state index is 0.00980. The number of carbonyl (C=O) groups excluding carboxylic acids is 7. The number of hydrogen-bond donors (Lipinski definition) is 4. The Kier molecular flexibility index (Phi) is 18.1. The van der Waals surface area contributed by atoms with Gasteiger partial charge in [-0.25, -0.2) is 0 Å². The number of nitrogens with one attached hydrogen (secondary N) is 4. The minimum atomic E-state index is -0.810. The van der Waals surface area contributed by atoms with E-state index in [9.17, 15) is 33.6 Å². The van der Waals surface area contributed by atoms with Crippen molar-refractivity contribution in [1.82, 2.24) is 21.3 Å². The highest BCUT2D eigenvalue weighted by atomic mass is 16.2. The molecule has 0 radical (unpaired) electrons. The molecule has 2 atom stereocenters. The Hall–Kier alpha value is -3.89. The summed E-state index contributed by atoms with van der Waals surface area (Å²) in [5.41, 5.74) is 0.827. The largest absolute Gasteiger partial charge is 0.356 e. The van der Waals surface area contributed by atoms with Gasteiger partial charge >= 0.3 is 0 Å². The molecule has 0 spiro atoms. The zero-order chi connectivity index (χ0) is 32.2. The Morgan fingerprint density at radius 2 is 1.40 bits per heavy atom. The molecule has 0 aliphatic heterocycles. The Bertz CT molecular complexity index is 1090. The fourth-order valence-electron chi connectivity index (χ4n) is 4.23. The summed E-state index contributed by atoms with van der Waals surface area (Å²) in [4.78, 5) is 86.8. The van der Waals surface area contributed by atoms with E-state index in [-0.39, 0.29) is 68.6 Å².